The summed E-state index contributed by atoms with van der Waals surface area (Å²) in [4.78, 5) is 2.27. The number of rotatable bonds is 4. The van der Waals surface area contributed by atoms with E-state index in [1.165, 1.54) is 31.7 Å². The third-order valence-electron chi connectivity index (χ3n) is 4.59. The summed E-state index contributed by atoms with van der Waals surface area (Å²) in [5.41, 5.74) is 6.63. The maximum Gasteiger partial charge on any atom is 0.128 e. The van der Waals surface area contributed by atoms with Crippen molar-refractivity contribution < 1.29 is 4.39 Å². The average molecular weight is 343 g/mol. The molecular formula is C16H24BrFN2. The lowest BCUT2D eigenvalue weighted by molar-refractivity contribution is 0.124. The Labute approximate surface area is 129 Å². The predicted octanol–water partition coefficient (Wildman–Crippen LogP) is 4.10. The zero-order valence-corrected chi connectivity index (χ0v) is 13.9. The molecule has 0 radical (unpaired) electrons. The first-order chi connectivity index (χ1) is 9.52. The second-order valence-electron chi connectivity index (χ2n) is 6.00. The summed E-state index contributed by atoms with van der Waals surface area (Å²) in [5, 5.41) is 0. The van der Waals surface area contributed by atoms with Crippen LogP contribution in [-0.2, 0) is 0 Å². The summed E-state index contributed by atoms with van der Waals surface area (Å²) in [5.74, 6) is 0.651. The van der Waals surface area contributed by atoms with E-state index in [9.17, 15) is 4.39 Å². The largest absolute Gasteiger partial charge is 0.329 e. The van der Waals surface area contributed by atoms with E-state index in [4.69, 9.17) is 5.73 Å². The lowest BCUT2D eigenvalue weighted by atomic mass is 9.86. The molecule has 0 aliphatic heterocycles. The summed E-state index contributed by atoms with van der Waals surface area (Å²) in [7, 11) is 2.08. The van der Waals surface area contributed by atoms with Crippen molar-refractivity contribution in [1.82, 2.24) is 4.90 Å². The molecule has 2 N–H and O–H groups in total. The Morgan fingerprint density at radius 2 is 2.00 bits per heavy atom. The number of halogens is 2. The molecule has 1 atom stereocenters. The first-order valence-corrected chi connectivity index (χ1v) is 8.19. The highest BCUT2D eigenvalue weighted by Crippen LogP contribution is 2.32. The van der Waals surface area contributed by atoms with Gasteiger partial charge in [-0.25, -0.2) is 4.39 Å². The SMILES string of the molecule is CC1CCC(N(C)C(CN)c2cc(Br)ccc2F)CC1. The van der Waals surface area contributed by atoms with Crippen LogP contribution in [0, 0.1) is 11.7 Å². The smallest absolute Gasteiger partial charge is 0.128 e. The lowest BCUT2D eigenvalue weighted by Crippen LogP contribution is -2.40. The Bertz CT molecular complexity index is 444. The Hall–Kier alpha value is -0.450. The first kappa shape index (κ1) is 15.9. The van der Waals surface area contributed by atoms with Gasteiger partial charge in [-0.1, -0.05) is 22.9 Å². The molecule has 0 bridgehead atoms. The van der Waals surface area contributed by atoms with Gasteiger partial charge in [0.1, 0.15) is 5.82 Å². The molecule has 4 heteroatoms. The Balaban J connectivity index is 2.16. The van der Waals surface area contributed by atoms with Gasteiger partial charge in [-0.15, -0.1) is 0 Å². The molecule has 0 saturated heterocycles. The van der Waals surface area contributed by atoms with Gasteiger partial charge in [-0.2, -0.15) is 0 Å². The summed E-state index contributed by atoms with van der Waals surface area (Å²) >= 11 is 3.42. The van der Waals surface area contributed by atoms with E-state index in [1.807, 2.05) is 6.07 Å². The molecule has 0 aromatic heterocycles. The normalized spacial score (nSPS) is 24.9. The summed E-state index contributed by atoms with van der Waals surface area (Å²) < 4.78 is 15.0. The molecule has 0 amide bonds. The maximum absolute atomic E-state index is 14.1. The topological polar surface area (TPSA) is 29.3 Å². The van der Waals surface area contributed by atoms with E-state index in [-0.39, 0.29) is 11.9 Å². The molecule has 1 saturated carbocycles. The molecule has 0 heterocycles. The highest BCUT2D eigenvalue weighted by Gasteiger charge is 2.28. The standard InChI is InChI=1S/C16H24BrFN2/c1-11-3-6-13(7-4-11)20(2)16(10-19)14-9-12(17)5-8-15(14)18/h5,8-9,11,13,16H,3-4,6-7,10,19H2,1-2H3. The van der Waals surface area contributed by atoms with E-state index in [1.54, 1.807) is 6.07 Å². The molecule has 1 fully saturated rings. The van der Waals surface area contributed by atoms with Gasteiger partial charge in [0, 0.05) is 28.7 Å². The zero-order valence-electron chi connectivity index (χ0n) is 12.3. The molecule has 1 aromatic carbocycles. The first-order valence-electron chi connectivity index (χ1n) is 7.40. The Kier molecular flexibility index (Phi) is 5.58. The zero-order chi connectivity index (χ0) is 14.7. The van der Waals surface area contributed by atoms with Crippen LogP contribution in [0.4, 0.5) is 4.39 Å². The van der Waals surface area contributed by atoms with Crippen LogP contribution in [0.15, 0.2) is 22.7 Å². The van der Waals surface area contributed by atoms with Crippen molar-refractivity contribution in [2.45, 2.75) is 44.7 Å². The Morgan fingerprint density at radius 1 is 1.35 bits per heavy atom. The third-order valence-corrected chi connectivity index (χ3v) is 5.09. The van der Waals surface area contributed by atoms with Crippen LogP contribution in [-0.4, -0.2) is 24.5 Å². The number of nitrogens with two attached hydrogens (primary N) is 1. The fourth-order valence-electron chi connectivity index (χ4n) is 3.19. The van der Waals surface area contributed by atoms with Crippen molar-refractivity contribution in [3.8, 4) is 0 Å². The summed E-state index contributed by atoms with van der Waals surface area (Å²) in [6.07, 6.45) is 4.88. The maximum atomic E-state index is 14.1. The van der Waals surface area contributed by atoms with Crippen molar-refractivity contribution in [3.05, 3.63) is 34.1 Å². The van der Waals surface area contributed by atoms with E-state index < -0.39 is 0 Å². The quantitative estimate of drug-likeness (QED) is 0.892. The van der Waals surface area contributed by atoms with Crippen LogP contribution in [0.5, 0.6) is 0 Å². The van der Waals surface area contributed by atoms with Gasteiger partial charge in [0.25, 0.3) is 0 Å². The lowest BCUT2D eigenvalue weighted by Gasteiger charge is -2.38. The van der Waals surface area contributed by atoms with E-state index >= 15 is 0 Å². The monoisotopic (exact) mass is 342 g/mol. The number of nitrogens with zero attached hydrogens (tertiary/aromatic N) is 1. The Morgan fingerprint density at radius 3 is 2.60 bits per heavy atom. The molecule has 1 aliphatic carbocycles. The number of hydrogen-bond acceptors (Lipinski definition) is 2. The van der Waals surface area contributed by atoms with Gasteiger partial charge in [-0.05, 0) is 56.8 Å². The van der Waals surface area contributed by atoms with Gasteiger partial charge in [0.05, 0.1) is 0 Å². The molecule has 1 unspecified atom stereocenters. The van der Waals surface area contributed by atoms with E-state index in [0.29, 0.717) is 18.2 Å². The molecule has 1 aromatic rings. The van der Waals surface area contributed by atoms with Crippen LogP contribution in [0.1, 0.15) is 44.2 Å². The van der Waals surface area contributed by atoms with Gasteiger partial charge in [0.15, 0.2) is 0 Å². The van der Waals surface area contributed by atoms with Crippen LogP contribution in [0.25, 0.3) is 0 Å². The molecule has 0 spiro atoms. The summed E-state index contributed by atoms with van der Waals surface area (Å²) in [6.45, 7) is 2.75. The second kappa shape index (κ2) is 7.01. The minimum absolute atomic E-state index is 0.0501. The van der Waals surface area contributed by atoms with Crippen LogP contribution >= 0.6 is 15.9 Å². The van der Waals surface area contributed by atoms with Crippen LogP contribution < -0.4 is 5.73 Å². The molecule has 2 rings (SSSR count). The number of likely N-dealkylation sites (N-methyl/N-ethyl adjacent to an activating group) is 1. The van der Waals surface area contributed by atoms with Gasteiger partial charge in [0.2, 0.25) is 0 Å². The fourth-order valence-corrected chi connectivity index (χ4v) is 3.57. The number of benzene rings is 1. The van der Waals surface area contributed by atoms with E-state index in [2.05, 4.69) is 34.8 Å². The van der Waals surface area contributed by atoms with Crippen molar-refractivity contribution in [1.29, 1.82) is 0 Å². The van der Waals surface area contributed by atoms with Crippen molar-refractivity contribution in [2.24, 2.45) is 11.7 Å². The summed E-state index contributed by atoms with van der Waals surface area (Å²) in [6, 6.07) is 5.56. The molecule has 2 nitrogen and oxygen atoms in total. The van der Waals surface area contributed by atoms with Crippen LogP contribution in [0.2, 0.25) is 0 Å². The van der Waals surface area contributed by atoms with Gasteiger partial charge >= 0.3 is 0 Å². The van der Waals surface area contributed by atoms with Crippen molar-refractivity contribution in [3.63, 3.8) is 0 Å². The van der Waals surface area contributed by atoms with Crippen LogP contribution in [0.3, 0.4) is 0 Å². The van der Waals surface area contributed by atoms with Gasteiger partial charge in [-0.3, -0.25) is 4.90 Å². The van der Waals surface area contributed by atoms with Crippen molar-refractivity contribution in [2.75, 3.05) is 13.6 Å². The molecule has 112 valence electrons. The minimum atomic E-state index is -0.167. The number of hydrogen-bond donors (Lipinski definition) is 1. The predicted molar refractivity (Wildman–Crippen MR) is 85.1 cm³/mol. The average Bonchev–Trinajstić information content (AvgIpc) is 2.44. The fraction of sp³-hybridized carbons (Fsp3) is 0.625. The molecular weight excluding hydrogens is 319 g/mol. The van der Waals surface area contributed by atoms with Gasteiger partial charge < -0.3 is 5.73 Å². The highest BCUT2D eigenvalue weighted by molar-refractivity contribution is 9.10. The minimum Gasteiger partial charge on any atom is -0.329 e. The second-order valence-corrected chi connectivity index (χ2v) is 6.91. The highest BCUT2D eigenvalue weighted by atomic mass is 79.9. The molecule has 1 aliphatic rings. The van der Waals surface area contributed by atoms with E-state index in [0.717, 1.165) is 10.4 Å². The third kappa shape index (κ3) is 3.60. The van der Waals surface area contributed by atoms with Crippen molar-refractivity contribution >= 4 is 15.9 Å². The molecule has 20 heavy (non-hydrogen) atoms.